The van der Waals surface area contributed by atoms with Crippen molar-refractivity contribution >= 4 is 28.8 Å². The number of aromatic nitrogens is 2. The van der Waals surface area contributed by atoms with Crippen LogP contribution in [0.3, 0.4) is 0 Å². The van der Waals surface area contributed by atoms with Crippen molar-refractivity contribution in [3.05, 3.63) is 30.1 Å². The van der Waals surface area contributed by atoms with E-state index in [0.717, 1.165) is 48.2 Å². The largest absolute Gasteiger partial charge is 0.357 e. The Morgan fingerprint density at radius 1 is 1.38 bits per heavy atom. The molecule has 0 radical (unpaired) electrons. The van der Waals surface area contributed by atoms with E-state index < -0.39 is 0 Å². The summed E-state index contributed by atoms with van der Waals surface area (Å²) >= 11 is 2.04. The van der Waals surface area contributed by atoms with Gasteiger partial charge in [-0.2, -0.15) is 11.8 Å². The van der Waals surface area contributed by atoms with Crippen LogP contribution in [0.15, 0.2) is 29.3 Å². The van der Waals surface area contributed by atoms with Crippen molar-refractivity contribution in [2.75, 3.05) is 25.4 Å². The van der Waals surface area contributed by atoms with Crippen LogP contribution >= 0.6 is 11.8 Å². The van der Waals surface area contributed by atoms with Crippen LogP contribution in [0.5, 0.6) is 0 Å². The van der Waals surface area contributed by atoms with E-state index in [1.165, 1.54) is 0 Å². The highest BCUT2D eigenvalue weighted by Gasteiger charge is 2.28. The van der Waals surface area contributed by atoms with Gasteiger partial charge in [-0.15, -0.1) is 0 Å². The Balaban J connectivity index is 1.81. The molecule has 0 bridgehead atoms. The molecule has 2 aromatic rings. The van der Waals surface area contributed by atoms with Crippen molar-refractivity contribution < 1.29 is 0 Å². The first-order valence-electron chi connectivity index (χ1n) is 8.58. The molecule has 130 valence electrons. The lowest BCUT2D eigenvalue weighted by molar-refractivity contribution is 0.375. The van der Waals surface area contributed by atoms with Crippen LogP contribution in [0.25, 0.3) is 11.0 Å². The zero-order valence-electron chi connectivity index (χ0n) is 15.0. The highest BCUT2D eigenvalue weighted by Crippen LogP contribution is 2.29. The molecule has 1 aromatic heterocycles. The maximum atomic E-state index is 4.87. The molecule has 2 heterocycles. The maximum absolute atomic E-state index is 4.87. The second kappa shape index (κ2) is 7.05. The van der Waals surface area contributed by atoms with Crippen LogP contribution in [0.4, 0.5) is 0 Å². The molecule has 1 N–H and O–H groups in total. The molecule has 1 aromatic carbocycles. The number of fused-ring (bicyclic) bond motifs is 1. The van der Waals surface area contributed by atoms with Crippen LogP contribution in [-0.4, -0.2) is 50.5 Å². The Kier molecular flexibility index (Phi) is 5.04. The van der Waals surface area contributed by atoms with E-state index in [1.54, 1.807) is 0 Å². The number of rotatable bonds is 3. The molecule has 6 heteroatoms. The van der Waals surface area contributed by atoms with Gasteiger partial charge in [0.25, 0.3) is 0 Å². The fourth-order valence-corrected chi connectivity index (χ4v) is 4.22. The molecule has 1 aliphatic rings. The lowest BCUT2D eigenvalue weighted by Gasteiger charge is -2.39. The normalized spacial score (nSPS) is 18.2. The first-order valence-corrected chi connectivity index (χ1v) is 9.56. The number of hydrogen-bond donors (Lipinski definition) is 1. The number of hydrogen-bond acceptors (Lipinski definition) is 3. The van der Waals surface area contributed by atoms with Gasteiger partial charge in [0.05, 0.1) is 11.0 Å². The number of aliphatic imine (C=N–C) groups is 1. The van der Waals surface area contributed by atoms with Crippen LogP contribution < -0.4 is 5.32 Å². The van der Waals surface area contributed by atoms with E-state index in [0.29, 0.717) is 6.54 Å². The molecule has 0 unspecified atom stereocenters. The highest BCUT2D eigenvalue weighted by atomic mass is 32.2. The summed E-state index contributed by atoms with van der Waals surface area (Å²) in [5.74, 6) is 3.14. The van der Waals surface area contributed by atoms with Gasteiger partial charge in [-0.25, -0.2) is 9.98 Å². The molecule has 1 fully saturated rings. The topological polar surface area (TPSA) is 45.5 Å². The molecule has 5 nitrogen and oxygen atoms in total. The maximum Gasteiger partial charge on any atom is 0.194 e. The van der Waals surface area contributed by atoms with Gasteiger partial charge in [-0.05, 0) is 32.9 Å². The highest BCUT2D eigenvalue weighted by molar-refractivity contribution is 8.00. The first kappa shape index (κ1) is 17.1. The summed E-state index contributed by atoms with van der Waals surface area (Å²) in [5, 5.41) is 3.44. The summed E-state index contributed by atoms with van der Waals surface area (Å²) in [6.45, 7) is 10.3. The second-order valence-electron chi connectivity index (χ2n) is 6.78. The van der Waals surface area contributed by atoms with Crippen LogP contribution in [0, 0.1) is 0 Å². The smallest absolute Gasteiger partial charge is 0.194 e. The Bertz CT molecular complexity index is 734. The minimum Gasteiger partial charge on any atom is -0.357 e. The molecule has 0 saturated carbocycles. The molecule has 1 saturated heterocycles. The van der Waals surface area contributed by atoms with Crippen LogP contribution in [-0.2, 0) is 13.6 Å². The Morgan fingerprint density at radius 2 is 2.17 bits per heavy atom. The average Bonchev–Trinajstić information content (AvgIpc) is 2.87. The van der Waals surface area contributed by atoms with Gasteiger partial charge in [0.15, 0.2) is 5.96 Å². The predicted molar refractivity (Wildman–Crippen MR) is 104 cm³/mol. The molecular weight excluding hydrogens is 318 g/mol. The summed E-state index contributed by atoms with van der Waals surface area (Å²) in [7, 11) is 2.06. The zero-order chi connectivity index (χ0) is 17.2. The number of benzene rings is 1. The first-order chi connectivity index (χ1) is 11.5. The van der Waals surface area contributed by atoms with Crippen molar-refractivity contribution in [1.29, 1.82) is 0 Å². The zero-order valence-corrected chi connectivity index (χ0v) is 15.9. The lowest BCUT2D eigenvalue weighted by atomic mass is 10.2. The van der Waals surface area contributed by atoms with E-state index in [1.807, 2.05) is 17.8 Å². The Hall–Kier alpha value is -1.69. The van der Waals surface area contributed by atoms with Gasteiger partial charge in [0.2, 0.25) is 0 Å². The minimum atomic E-state index is 0.270. The number of imidazole rings is 1. The summed E-state index contributed by atoms with van der Waals surface area (Å²) < 4.78 is 2.41. The second-order valence-corrected chi connectivity index (χ2v) is 8.58. The van der Waals surface area contributed by atoms with Crippen LogP contribution in [0.2, 0.25) is 0 Å². The van der Waals surface area contributed by atoms with Gasteiger partial charge in [-0.1, -0.05) is 12.1 Å². The van der Waals surface area contributed by atoms with E-state index in [9.17, 15) is 0 Å². The predicted octanol–water partition coefficient (Wildman–Crippen LogP) is 2.87. The Labute approximate surface area is 148 Å². The third kappa shape index (κ3) is 3.69. The molecule has 24 heavy (non-hydrogen) atoms. The number of guanidine groups is 1. The standard InChI is InChI=1S/C18H27N5S/c1-5-19-17(23-10-11-24-18(2,3)13-23)20-12-16-21-14-8-6-7-9-15(14)22(16)4/h6-9H,5,10-13H2,1-4H3,(H,19,20). The molecular formula is C18H27N5S. The van der Waals surface area contributed by atoms with Crippen molar-refractivity contribution in [3.8, 4) is 0 Å². The monoisotopic (exact) mass is 345 g/mol. The van der Waals surface area contributed by atoms with E-state index in [2.05, 4.69) is 60.8 Å². The lowest BCUT2D eigenvalue weighted by Crippen LogP contribution is -2.51. The van der Waals surface area contributed by atoms with E-state index in [4.69, 9.17) is 9.98 Å². The van der Waals surface area contributed by atoms with Crippen molar-refractivity contribution in [1.82, 2.24) is 19.8 Å². The quantitative estimate of drug-likeness (QED) is 0.686. The molecule has 0 atom stereocenters. The number of nitrogens with one attached hydrogen (secondary N) is 1. The molecule has 0 amide bonds. The fourth-order valence-electron chi connectivity index (χ4n) is 3.11. The number of aryl methyl sites for hydroxylation is 1. The van der Waals surface area contributed by atoms with Crippen LogP contribution in [0.1, 0.15) is 26.6 Å². The van der Waals surface area contributed by atoms with Gasteiger partial charge in [-0.3, -0.25) is 0 Å². The molecule has 3 rings (SSSR count). The third-order valence-corrected chi connectivity index (χ3v) is 5.61. The van der Waals surface area contributed by atoms with Gasteiger partial charge >= 0.3 is 0 Å². The average molecular weight is 346 g/mol. The SMILES string of the molecule is CCNC(=NCc1nc2ccccc2n1C)N1CCSC(C)(C)C1. The van der Waals surface area contributed by atoms with Gasteiger partial charge in [0, 0.05) is 37.2 Å². The summed E-state index contributed by atoms with van der Waals surface area (Å²) in [4.78, 5) is 12.0. The van der Waals surface area contributed by atoms with Gasteiger partial charge < -0.3 is 14.8 Å². The fraction of sp³-hybridized carbons (Fsp3) is 0.556. The molecule has 0 aliphatic carbocycles. The van der Waals surface area contributed by atoms with E-state index >= 15 is 0 Å². The number of para-hydroxylation sites is 2. The third-order valence-electron chi connectivity index (χ3n) is 4.31. The molecule has 1 aliphatic heterocycles. The molecule has 0 spiro atoms. The number of nitrogens with zero attached hydrogens (tertiary/aromatic N) is 4. The van der Waals surface area contributed by atoms with Crippen molar-refractivity contribution in [3.63, 3.8) is 0 Å². The van der Waals surface area contributed by atoms with Gasteiger partial charge in [0.1, 0.15) is 12.4 Å². The van der Waals surface area contributed by atoms with Crippen molar-refractivity contribution in [2.24, 2.45) is 12.0 Å². The summed E-state index contributed by atoms with van der Waals surface area (Å²) in [6.07, 6.45) is 0. The summed E-state index contributed by atoms with van der Waals surface area (Å²) in [6, 6.07) is 8.23. The van der Waals surface area contributed by atoms with E-state index in [-0.39, 0.29) is 4.75 Å². The van der Waals surface area contributed by atoms with Crippen molar-refractivity contribution in [2.45, 2.75) is 32.1 Å². The Morgan fingerprint density at radius 3 is 2.88 bits per heavy atom. The summed E-state index contributed by atoms with van der Waals surface area (Å²) in [5.41, 5.74) is 2.19. The minimum absolute atomic E-state index is 0.270. The number of thioether (sulfide) groups is 1.